The molecule has 2 saturated heterocycles. The molecule has 1 aromatic heterocycles. The minimum absolute atomic E-state index is 0.168. The fourth-order valence-electron chi connectivity index (χ4n) is 13.4. The summed E-state index contributed by atoms with van der Waals surface area (Å²) in [5, 5.41) is 25.9. The summed E-state index contributed by atoms with van der Waals surface area (Å²) in [4.78, 5) is 65.8. The van der Waals surface area contributed by atoms with E-state index in [-0.39, 0.29) is 18.1 Å². The number of nitrogens with zero attached hydrogens (tertiary/aromatic N) is 3. The Labute approximate surface area is 353 Å². The van der Waals surface area contributed by atoms with Gasteiger partial charge in [-0.1, -0.05) is 26.0 Å². The number of benzene rings is 2. The molecule has 3 fully saturated rings. The topological polar surface area (TPSA) is 171 Å². The van der Waals surface area contributed by atoms with Gasteiger partial charge in [-0.3, -0.25) is 24.2 Å². The number of esters is 3. The third kappa shape index (κ3) is 5.45. The number of ether oxygens (including phenoxy) is 4. The standard InChI is InChI=1S/C46H55FN4O10/c1-7-42(56)21-27-22-45(40(54)59-5,36-29(12-16-49(23-27)24-42)30-18-28(47)10-11-33(30)48-36)32-19-31-34(20-35(32)58-4)51(25-52)38-44(31)14-17-50-15-9-13-43(8-2,37(44)50)39(61-26(3)53)46(38,57)41(55)60-6/h9-11,13,18-20,25,27,37-39,48,56-57H,7-8,12,14-17,21-24H2,1-6H3/t27-,37-,38+,39+,42?,43+,44+,45-,46-/m0/s1. The highest BCUT2D eigenvalue weighted by molar-refractivity contribution is 5.96. The second kappa shape index (κ2) is 14.4. The quantitative estimate of drug-likeness (QED) is 0.130. The number of nitrogens with one attached hydrogen (secondary N) is 1. The van der Waals surface area contributed by atoms with Gasteiger partial charge in [-0.25, -0.2) is 9.18 Å². The summed E-state index contributed by atoms with van der Waals surface area (Å²) in [6.45, 7) is 7.74. The number of methoxy groups -OCH3 is 3. The van der Waals surface area contributed by atoms with Crippen molar-refractivity contribution in [1.29, 1.82) is 0 Å². The van der Waals surface area contributed by atoms with E-state index in [0.717, 1.165) is 12.7 Å². The number of rotatable bonds is 8. The van der Waals surface area contributed by atoms with Crippen molar-refractivity contribution in [3.8, 4) is 5.75 Å². The smallest absolute Gasteiger partial charge is 0.344 e. The predicted octanol–water partition coefficient (Wildman–Crippen LogP) is 3.66. The maximum atomic E-state index is 15.3. The zero-order valence-electron chi connectivity index (χ0n) is 35.6. The zero-order chi connectivity index (χ0) is 43.4. The molecule has 5 aliphatic heterocycles. The molecular weight excluding hydrogens is 788 g/mol. The van der Waals surface area contributed by atoms with E-state index in [2.05, 4.69) is 14.8 Å². The number of carbonyl (C=O) groups excluding carboxylic acids is 4. The van der Waals surface area contributed by atoms with Crippen LogP contribution in [0.1, 0.15) is 75.3 Å². The molecule has 1 saturated carbocycles. The summed E-state index contributed by atoms with van der Waals surface area (Å²) in [5.41, 5.74) is -4.30. The average Bonchev–Trinajstić information content (AvgIpc) is 3.92. The van der Waals surface area contributed by atoms with Crippen molar-refractivity contribution in [2.75, 3.05) is 59.0 Å². The molecule has 2 bridgehead atoms. The lowest BCUT2D eigenvalue weighted by molar-refractivity contribution is -0.228. The van der Waals surface area contributed by atoms with Gasteiger partial charge >= 0.3 is 17.9 Å². The van der Waals surface area contributed by atoms with Crippen LogP contribution in [0.25, 0.3) is 10.9 Å². The van der Waals surface area contributed by atoms with E-state index in [4.69, 9.17) is 18.9 Å². The lowest BCUT2D eigenvalue weighted by Crippen LogP contribution is -2.81. The van der Waals surface area contributed by atoms with Gasteiger partial charge in [0.1, 0.15) is 17.0 Å². The normalized spacial score (nSPS) is 36.1. The van der Waals surface area contributed by atoms with Crippen molar-refractivity contribution >= 4 is 40.9 Å². The number of aromatic amines is 1. The first-order valence-corrected chi connectivity index (χ1v) is 21.4. The first-order chi connectivity index (χ1) is 29.2. The summed E-state index contributed by atoms with van der Waals surface area (Å²) in [6, 6.07) is 6.27. The summed E-state index contributed by atoms with van der Waals surface area (Å²) >= 11 is 0. The molecule has 2 aromatic carbocycles. The number of aromatic nitrogens is 1. The average molecular weight is 843 g/mol. The van der Waals surface area contributed by atoms with Gasteiger partial charge in [0.05, 0.1) is 38.7 Å². The van der Waals surface area contributed by atoms with E-state index in [1.807, 2.05) is 32.1 Å². The number of amides is 1. The number of anilines is 1. The molecule has 61 heavy (non-hydrogen) atoms. The van der Waals surface area contributed by atoms with Crippen molar-refractivity contribution in [3.63, 3.8) is 0 Å². The summed E-state index contributed by atoms with van der Waals surface area (Å²) in [7, 11) is 3.97. The maximum Gasteiger partial charge on any atom is 0.344 e. The van der Waals surface area contributed by atoms with Gasteiger partial charge in [0.15, 0.2) is 6.10 Å². The lowest BCUT2D eigenvalue weighted by Gasteiger charge is -2.63. The highest BCUT2D eigenvalue weighted by Crippen LogP contribution is 2.68. The number of piperidine rings is 1. The van der Waals surface area contributed by atoms with Gasteiger partial charge in [0.2, 0.25) is 12.0 Å². The molecule has 1 spiro atoms. The second-order valence-electron chi connectivity index (χ2n) is 18.3. The summed E-state index contributed by atoms with van der Waals surface area (Å²) in [6.07, 6.45) is 5.27. The Balaban J connectivity index is 1.38. The fourth-order valence-corrected chi connectivity index (χ4v) is 13.4. The van der Waals surface area contributed by atoms with Crippen molar-refractivity contribution in [1.82, 2.24) is 14.8 Å². The highest BCUT2D eigenvalue weighted by Gasteiger charge is 2.81. The van der Waals surface area contributed by atoms with E-state index in [1.165, 1.54) is 38.2 Å². The van der Waals surface area contributed by atoms with Gasteiger partial charge in [0.25, 0.3) is 0 Å². The van der Waals surface area contributed by atoms with Crippen LogP contribution in [0, 0.1) is 17.2 Å². The number of hydrogen-bond donors (Lipinski definition) is 3. The third-order valence-corrected chi connectivity index (χ3v) is 15.6. The molecule has 0 radical (unpaired) electrons. The van der Waals surface area contributed by atoms with E-state index < -0.39 is 69.4 Å². The van der Waals surface area contributed by atoms with Crippen molar-refractivity contribution in [2.24, 2.45) is 11.3 Å². The molecule has 15 heteroatoms. The molecule has 2 unspecified atom stereocenters. The number of aliphatic hydroxyl groups is 2. The molecular formula is C46H55FN4O10. The van der Waals surface area contributed by atoms with Gasteiger partial charge in [-0.05, 0) is 86.4 Å². The van der Waals surface area contributed by atoms with Crippen LogP contribution >= 0.6 is 0 Å². The third-order valence-electron chi connectivity index (χ3n) is 15.6. The van der Waals surface area contributed by atoms with Crippen LogP contribution in [0.5, 0.6) is 5.75 Å². The van der Waals surface area contributed by atoms with Crippen LogP contribution in [0.3, 0.4) is 0 Å². The van der Waals surface area contributed by atoms with Gasteiger partial charge in [0, 0.05) is 78.2 Å². The summed E-state index contributed by atoms with van der Waals surface area (Å²) in [5.74, 6) is -2.79. The monoisotopic (exact) mass is 842 g/mol. The van der Waals surface area contributed by atoms with Crippen molar-refractivity contribution in [3.05, 3.63) is 70.7 Å². The Morgan fingerprint density at radius 1 is 0.984 bits per heavy atom. The number of fused-ring (bicyclic) bond motifs is 6. The molecule has 14 nitrogen and oxygen atoms in total. The number of carbonyl (C=O) groups is 4. The lowest BCUT2D eigenvalue weighted by atomic mass is 9.47. The van der Waals surface area contributed by atoms with Crippen LogP contribution in [0.2, 0.25) is 0 Å². The Morgan fingerprint density at radius 2 is 1.75 bits per heavy atom. The first-order valence-electron chi connectivity index (χ1n) is 21.4. The second-order valence-corrected chi connectivity index (χ2v) is 18.3. The van der Waals surface area contributed by atoms with Crippen molar-refractivity contribution < 1.29 is 52.7 Å². The molecule has 6 aliphatic rings. The van der Waals surface area contributed by atoms with E-state index >= 15 is 9.18 Å². The minimum atomic E-state index is -2.57. The minimum Gasteiger partial charge on any atom is -0.496 e. The summed E-state index contributed by atoms with van der Waals surface area (Å²) < 4.78 is 38.7. The first kappa shape index (κ1) is 41.5. The highest BCUT2D eigenvalue weighted by atomic mass is 19.1. The molecule has 10 atom stereocenters. The molecule has 6 heterocycles. The van der Waals surface area contributed by atoms with Crippen LogP contribution in [-0.2, 0) is 50.6 Å². The molecule has 326 valence electrons. The van der Waals surface area contributed by atoms with Crippen molar-refractivity contribution in [2.45, 2.75) is 99.5 Å². The maximum absolute atomic E-state index is 15.3. The largest absolute Gasteiger partial charge is 0.496 e. The van der Waals surface area contributed by atoms with Crippen LogP contribution < -0.4 is 9.64 Å². The number of hydrogen-bond acceptors (Lipinski definition) is 12. The number of H-pyrrole nitrogens is 1. The SMILES string of the molecule is CCC1(O)C[C@@H]2CN(CCc3c([nH]c4ccc(F)cc34)[C@@](C(=O)OC)(c3cc4c(cc3OC)N(C=O)[C@H]3[C@@](O)(C(=O)OC)[C@H](OC(C)=O)[C@]5(CC)C=CCN6CC[C@]43[C@@H]65)C2)C1. The van der Waals surface area contributed by atoms with Gasteiger partial charge < -0.3 is 39.0 Å². The van der Waals surface area contributed by atoms with E-state index in [1.54, 1.807) is 12.1 Å². The Kier molecular flexibility index (Phi) is 9.78. The molecule has 3 N–H and O–H groups in total. The van der Waals surface area contributed by atoms with Crippen LogP contribution in [-0.4, -0.2) is 133 Å². The fraction of sp³-hybridized carbons (Fsp3) is 0.565. The van der Waals surface area contributed by atoms with E-state index in [9.17, 15) is 24.6 Å². The zero-order valence-corrected chi connectivity index (χ0v) is 35.6. The predicted molar refractivity (Wildman–Crippen MR) is 221 cm³/mol. The van der Waals surface area contributed by atoms with E-state index in [0.29, 0.717) is 105 Å². The number of halogens is 1. The van der Waals surface area contributed by atoms with Gasteiger partial charge in [-0.2, -0.15) is 0 Å². The Bertz CT molecular complexity index is 2370. The van der Waals surface area contributed by atoms with Gasteiger partial charge in [-0.15, -0.1) is 0 Å². The molecule has 9 rings (SSSR count). The molecule has 3 aromatic rings. The molecule has 1 amide bonds. The van der Waals surface area contributed by atoms with Crippen LogP contribution in [0.15, 0.2) is 42.5 Å². The Morgan fingerprint density at radius 3 is 2.43 bits per heavy atom. The molecule has 1 aliphatic carbocycles. The Hall–Kier alpha value is -4.83. The van der Waals surface area contributed by atoms with Crippen LogP contribution in [0.4, 0.5) is 10.1 Å².